The summed E-state index contributed by atoms with van der Waals surface area (Å²) in [5.41, 5.74) is 1.57. The van der Waals surface area contributed by atoms with Gasteiger partial charge in [-0.3, -0.25) is 14.5 Å². The van der Waals surface area contributed by atoms with E-state index < -0.39 is 5.82 Å². The van der Waals surface area contributed by atoms with Gasteiger partial charge in [-0.05, 0) is 24.6 Å². The lowest BCUT2D eigenvalue weighted by molar-refractivity contribution is 0.0672. The zero-order valence-electron chi connectivity index (χ0n) is 13.2. The summed E-state index contributed by atoms with van der Waals surface area (Å²) in [7, 11) is 1.42. The van der Waals surface area contributed by atoms with E-state index >= 15 is 0 Å². The third-order valence-corrected chi connectivity index (χ3v) is 3.92. The first-order valence-corrected chi connectivity index (χ1v) is 7.55. The van der Waals surface area contributed by atoms with Crippen molar-refractivity contribution in [3.8, 4) is 5.75 Å². The van der Waals surface area contributed by atoms with E-state index in [1.807, 2.05) is 0 Å². The van der Waals surface area contributed by atoms with E-state index in [1.165, 1.54) is 18.1 Å². The second kappa shape index (κ2) is 6.66. The number of fused-ring (bicyclic) bond motifs is 1. The summed E-state index contributed by atoms with van der Waals surface area (Å²) in [4.78, 5) is 25.6. The molecular formula is C19H16FNO3. The normalized spacial score (nSPS) is 13.7. The third kappa shape index (κ3) is 2.80. The fourth-order valence-corrected chi connectivity index (χ4v) is 2.74. The van der Waals surface area contributed by atoms with Crippen molar-refractivity contribution in [1.29, 1.82) is 0 Å². The van der Waals surface area contributed by atoms with Crippen molar-refractivity contribution < 1.29 is 18.7 Å². The zero-order valence-corrected chi connectivity index (χ0v) is 13.2. The summed E-state index contributed by atoms with van der Waals surface area (Å²) in [6.07, 6.45) is 3.97. The number of nitrogens with zero attached hydrogens (tertiary/aromatic N) is 1. The predicted molar refractivity (Wildman–Crippen MR) is 87.6 cm³/mol. The molecule has 2 aromatic rings. The van der Waals surface area contributed by atoms with E-state index in [0.29, 0.717) is 23.1 Å². The van der Waals surface area contributed by atoms with Crippen LogP contribution in [0.25, 0.3) is 0 Å². The quantitative estimate of drug-likeness (QED) is 0.626. The van der Waals surface area contributed by atoms with E-state index in [0.717, 1.165) is 0 Å². The fraction of sp³-hybridized carbons (Fsp3) is 0.158. The molecule has 4 nitrogen and oxygen atoms in total. The molecule has 3 rings (SSSR count). The average Bonchev–Trinajstić information content (AvgIpc) is 2.84. The molecule has 0 fully saturated rings. The van der Waals surface area contributed by atoms with Crippen LogP contribution in [-0.4, -0.2) is 30.4 Å². The van der Waals surface area contributed by atoms with Crippen LogP contribution in [0.3, 0.4) is 0 Å². The standard InChI is InChI=1S/C19H16FNO3/c1-24-17-13(8-6-11-16(17)20)7-4-5-12-21-18(22)14-9-2-3-10-15(14)19(21)23/h2-6,8-11H,7,12H2,1H3/b5-4+. The number of benzene rings is 2. The van der Waals surface area contributed by atoms with Gasteiger partial charge in [-0.2, -0.15) is 0 Å². The Kier molecular flexibility index (Phi) is 4.42. The van der Waals surface area contributed by atoms with Crippen molar-refractivity contribution in [3.05, 3.63) is 77.1 Å². The van der Waals surface area contributed by atoms with Crippen LogP contribution in [0.4, 0.5) is 4.39 Å². The molecule has 1 heterocycles. The number of carbonyl (C=O) groups excluding carboxylic acids is 2. The van der Waals surface area contributed by atoms with Crippen molar-refractivity contribution >= 4 is 11.8 Å². The van der Waals surface area contributed by atoms with Gasteiger partial charge in [0.05, 0.1) is 18.2 Å². The van der Waals surface area contributed by atoms with Crippen molar-refractivity contribution in [2.24, 2.45) is 0 Å². The minimum atomic E-state index is -0.413. The number of ether oxygens (including phenoxy) is 1. The van der Waals surface area contributed by atoms with E-state index in [2.05, 4.69) is 0 Å². The van der Waals surface area contributed by atoms with Crippen LogP contribution in [0.15, 0.2) is 54.6 Å². The van der Waals surface area contributed by atoms with E-state index in [4.69, 9.17) is 4.74 Å². The molecule has 0 aromatic heterocycles. The molecule has 122 valence electrons. The van der Waals surface area contributed by atoms with Crippen molar-refractivity contribution in [3.63, 3.8) is 0 Å². The fourth-order valence-electron chi connectivity index (χ4n) is 2.74. The number of carbonyl (C=O) groups is 2. The Morgan fingerprint density at radius 2 is 1.67 bits per heavy atom. The van der Waals surface area contributed by atoms with Crippen LogP contribution in [0.2, 0.25) is 0 Å². The maximum absolute atomic E-state index is 13.6. The smallest absolute Gasteiger partial charge is 0.261 e. The Bertz CT molecular complexity index is 794. The Morgan fingerprint density at radius 3 is 2.29 bits per heavy atom. The van der Waals surface area contributed by atoms with Crippen molar-refractivity contribution in [2.45, 2.75) is 6.42 Å². The van der Waals surface area contributed by atoms with Gasteiger partial charge in [0.1, 0.15) is 0 Å². The number of amides is 2. The Morgan fingerprint density at radius 1 is 1.00 bits per heavy atom. The number of hydrogen-bond donors (Lipinski definition) is 0. The molecule has 1 aliphatic heterocycles. The summed E-state index contributed by atoms with van der Waals surface area (Å²) in [5, 5.41) is 0. The van der Waals surface area contributed by atoms with Crippen LogP contribution in [0, 0.1) is 5.82 Å². The molecule has 0 bridgehead atoms. The average molecular weight is 325 g/mol. The summed E-state index contributed by atoms with van der Waals surface area (Å²) in [6, 6.07) is 11.5. The van der Waals surface area contributed by atoms with Gasteiger partial charge in [-0.25, -0.2) is 4.39 Å². The number of para-hydroxylation sites is 1. The largest absolute Gasteiger partial charge is 0.493 e. The molecule has 0 radical (unpaired) electrons. The summed E-state index contributed by atoms with van der Waals surface area (Å²) in [6.45, 7) is 0.185. The van der Waals surface area contributed by atoms with E-state index in [9.17, 15) is 14.0 Å². The van der Waals surface area contributed by atoms with Gasteiger partial charge in [0.2, 0.25) is 0 Å². The van der Waals surface area contributed by atoms with Gasteiger partial charge in [-0.1, -0.05) is 36.4 Å². The first-order chi connectivity index (χ1) is 11.6. The molecule has 0 saturated carbocycles. The van der Waals surface area contributed by atoms with Crippen LogP contribution >= 0.6 is 0 Å². The van der Waals surface area contributed by atoms with Gasteiger partial charge in [0, 0.05) is 12.1 Å². The lowest BCUT2D eigenvalue weighted by Gasteiger charge is -2.10. The Labute approximate surface area is 139 Å². The molecule has 5 heteroatoms. The number of allylic oxidation sites excluding steroid dienone is 1. The summed E-state index contributed by atoms with van der Waals surface area (Å²) >= 11 is 0. The maximum atomic E-state index is 13.6. The van der Waals surface area contributed by atoms with Gasteiger partial charge in [0.15, 0.2) is 11.6 Å². The molecule has 2 aromatic carbocycles. The van der Waals surface area contributed by atoms with E-state index in [1.54, 1.807) is 48.6 Å². The first-order valence-electron chi connectivity index (χ1n) is 7.55. The molecule has 24 heavy (non-hydrogen) atoms. The second-order valence-electron chi connectivity index (χ2n) is 5.37. The zero-order chi connectivity index (χ0) is 17.1. The molecule has 2 amide bonds. The van der Waals surface area contributed by atoms with E-state index in [-0.39, 0.29) is 24.1 Å². The summed E-state index contributed by atoms with van der Waals surface area (Å²) < 4.78 is 18.7. The lowest BCUT2D eigenvalue weighted by Crippen LogP contribution is -2.29. The highest BCUT2D eigenvalue weighted by atomic mass is 19.1. The Hall–Kier alpha value is -2.95. The molecule has 0 aliphatic carbocycles. The van der Waals surface area contributed by atoms with Gasteiger partial charge >= 0.3 is 0 Å². The molecule has 0 unspecified atom stereocenters. The van der Waals surface area contributed by atoms with Crippen LogP contribution in [0.5, 0.6) is 5.75 Å². The van der Waals surface area contributed by atoms with Crippen molar-refractivity contribution in [1.82, 2.24) is 4.90 Å². The third-order valence-electron chi connectivity index (χ3n) is 3.92. The molecular weight excluding hydrogens is 309 g/mol. The van der Waals surface area contributed by atoms with Gasteiger partial charge < -0.3 is 4.74 Å². The number of imide groups is 1. The highest BCUT2D eigenvalue weighted by Crippen LogP contribution is 2.24. The highest BCUT2D eigenvalue weighted by molar-refractivity contribution is 6.21. The number of methoxy groups -OCH3 is 1. The minimum absolute atomic E-state index is 0.185. The SMILES string of the molecule is COc1c(F)cccc1C/C=C/CN1C(=O)c2ccccc2C1=O. The molecule has 1 aliphatic rings. The maximum Gasteiger partial charge on any atom is 0.261 e. The number of hydrogen-bond acceptors (Lipinski definition) is 3. The second-order valence-corrected chi connectivity index (χ2v) is 5.37. The van der Waals surface area contributed by atoms with Gasteiger partial charge in [-0.15, -0.1) is 0 Å². The molecule has 0 spiro atoms. The molecule has 0 N–H and O–H groups in total. The van der Waals surface area contributed by atoms with Crippen LogP contribution in [0.1, 0.15) is 26.3 Å². The topological polar surface area (TPSA) is 46.6 Å². The first kappa shape index (κ1) is 15.9. The van der Waals surface area contributed by atoms with Crippen LogP contribution < -0.4 is 4.74 Å². The molecule has 0 saturated heterocycles. The van der Waals surface area contributed by atoms with Crippen molar-refractivity contribution in [2.75, 3.05) is 13.7 Å². The predicted octanol–water partition coefficient (Wildman–Crippen LogP) is 3.23. The molecule has 0 atom stereocenters. The van der Waals surface area contributed by atoms with Gasteiger partial charge in [0.25, 0.3) is 11.8 Å². The van der Waals surface area contributed by atoms with Crippen LogP contribution in [-0.2, 0) is 6.42 Å². The lowest BCUT2D eigenvalue weighted by atomic mass is 10.1. The highest BCUT2D eigenvalue weighted by Gasteiger charge is 2.33. The number of halogens is 1. The number of rotatable bonds is 5. The summed E-state index contributed by atoms with van der Waals surface area (Å²) in [5.74, 6) is -0.779. The monoisotopic (exact) mass is 325 g/mol. The minimum Gasteiger partial charge on any atom is -0.493 e. The Balaban J connectivity index is 1.67.